The lowest BCUT2D eigenvalue weighted by Gasteiger charge is -2.24. The highest BCUT2D eigenvalue weighted by Gasteiger charge is 2.15. The molecule has 1 aliphatic heterocycles. The second-order valence-electron chi connectivity index (χ2n) is 5.06. The maximum atomic E-state index is 5.88. The fraction of sp³-hybridized carbons (Fsp3) is 0.294. The van der Waals surface area contributed by atoms with Crippen LogP contribution in [0.3, 0.4) is 0 Å². The molecule has 0 spiro atoms. The number of hydrogen-bond donors (Lipinski definition) is 1. The Kier molecular flexibility index (Phi) is 3.51. The van der Waals surface area contributed by atoms with Gasteiger partial charge < -0.3 is 10.1 Å². The SMILES string of the molecule is CC1NCCc2ccc(OCc3ccccc3)cc21. The molecule has 0 saturated heterocycles. The van der Waals surface area contributed by atoms with E-state index in [2.05, 4.69) is 42.6 Å². The quantitative estimate of drug-likeness (QED) is 0.904. The molecule has 2 aromatic rings. The minimum absolute atomic E-state index is 0.420. The van der Waals surface area contributed by atoms with Crippen molar-refractivity contribution in [2.24, 2.45) is 0 Å². The van der Waals surface area contributed by atoms with Gasteiger partial charge in [0.25, 0.3) is 0 Å². The minimum Gasteiger partial charge on any atom is -0.489 e. The molecule has 0 aromatic heterocycles. The molecule has 0 fully saturated rings. The summed E-state index contributed by atoms with van der Waals surface area (Å²) in [5.41, 5.74) is 4.02. The van der Waals surface area contributed by atoms with Crippen LogP contribution in [0, 0.1) is 0 Å². The van der Waals surface area contributed by atoms with Crippen molar-refractivity contribution in [2.75, 3.05) is 6.54 Å². The molecule has 1 heterocycles. The zero-order valence-electron chi connectivity index (χ0n) is 11.2. The third-order valence-electron chi connectivity index (χ3n) is 3.68. The highest BCUT2D eigenvalue weighted by molar-refractivity contribution is 5.39. The van der Waals surface area contributed by atoms with Gasteiger partial charge in [0.15, 0.2) is 0 Å². The van der Waals surface area contributed by atoms with Crippen molar-refractivity contribution in [2.45, 2.75) is 26.0 Å². The molecule has 0 radical (unpaired) electrons. The highest BCUT2D eigenvalue weighted by atomic mass is 16.5. The van der Waals surface area contributed by atoms with Gasteiger partial charge in [0.1, 0.15) is 12.4 Å². The van der Waals surface area contributed by atoms with Crippen molar-refractivity contribution in [3.63, 3.8) is 0 Å². The Morgan fingerprint density at radius 3 is 2.84 bits per heavy atom. The largest absolute Gasteiger partial charge is 0.489 e. The second-order valence-corrected chi connectivity index (χ2v) is 5.06. The third-order valence-corrected chi connectivity index (χ3v) is 3.68. The van der Waals surface area contributed by atoms with Gasteiger partial charge >= 0.3 is 0 Å². The normalized spacial score (nSPS) is 17.8. The number of fused-ring (bicyclic) bond motifs is 1. The molecule has 1 unspecified atom stereocenters. The van der Waals surface area contributed by atoms with Crippen LogP contribution in [0.25, 0.3) is 0 Å². The maximum absolute atomic E-state index is 5.88. The van der Waals surface area contributed by atoms with Crippen LogP contribution in [0.15, 0.2) is 48.5 Å². The van der Waals surface area contributed by atoms with Crippen LogP contribution in [0.2, 0.25) is 0 Å². The maximum Gasteiger partial charge on any atom is 0.120 e. The monoisotopic (exact) mass is 253 g/mol. The lowest BCUT2D eigenvalue weighted by Crippen LogP contribution is -2.27. The fourth-order valence-electron chi connectivity index (χ4n) is 2.57. The van der Waals surface area contributed by atoms with Crippen LogP contribution in [0.4, 0.5) is 0 Å². The van der Waals surface area contributed by atoms with Crippen LogP contribution < -0.4 is 10.1 Å². The van der Waals surface area contributed by atoms with Crippen molar-refractivity contribution >= 4 is 0 Å². The fourth-order valence-corrected chi connectivity index (χ4v) is 2.57. The van der Waals surface area contributed by atoms with E-state index in [-0.39, 0.29) is 0 Å². The Morgan fingerprint density at radius 2 is 2.00 bits per heavy atom. The van der Waals surface area contributed by atoms with Crippen LogP contribution in [-0.2, 0) is 13.0 Å². The third kappa shape index (κ3) is 2.79. The number of hydrogen-bond acceptors (Lipinski definition) is 2. The molecule has 0 amide bonds. The molecule has 1 atom stereocenters. The van der Waals surface area contributed by atoms with Crippen molar-refractivity contribution in [1.29, 1.82) is 0 Å². The summed E-state index contributed by atoms with van der Waals surface area (Å²) in [4.78, 5) is 0. The standard InChI is InChI=1S/C17H19NO/c1-13-17-11-16(8-7-15(17)9-10-18-13)19-12-14-5-3-2-4-6-14/h2-8,11,13,18H,9-10,12H2,1H3. The van der Waals surface area contributed by atoms with Crippen molar-refractivity contribution < 1.29 is 4.74 Å². The smallest absolute Gasteiger partial charge is 0.120 e. The van der Waals surface area contributed by atoms with Crippen LogP contribution in [-0.4, -0.2) is 6.54 Å². The van der Waals surface area contributed by atoms with Crippen LogP contribution in [0.5, 0.6) is 5.75 Å². The van der Waals surface area contributed by atoms with Crippen LogP contribution >= 0.6 is 0 Å². The molecule has 2 heteroatoms. The number of rotatable bonds is 3. The van der Waals surface area contributed by atoms with E-state index in [1.54, 1.807) is 0 Å². The Balaban J connectivity index is 1.74. The molecule has 19 heavy (non-hydrogen) atoms. The topological polar surface area (TPSA) is 21.3 Å². The Labute approximate surface area is 114 Å². The van der Waals surface area contributed by atoms with Gasteiger partial charge in [-0.1, -0.05) is 36.4 Å². The van der Waals surface area contributed by atoms with E-state index in [1.807, 2.05) is 18.2 Å². The summed E-state index contributed by atoms with van der Waals surface area (Å²) in [7, 11) is 0. The van der Waals surface area contributed by atoms with E-state index in [1.165, 1.54) is 16.7 Å². The van der Waals surface area contributed by atoms with Gasteiger partial charge in [0, 0.05) is 6.04 Å². The van der Waals surface area contributed by atoms with Gasteiger partial charge in [-0.2, -0.15) is 0 Å². The van der Waals surface area contributed by atoms with Gasteiger partial charge in [-0.25, -0.2) is 0 Å². The molecule has 1 aliphatic rings. The summed E-state index contributed by atoms with van der Waals surface area (Å²) < 4.78 is 5.88. The van der Waals surface area contributed by atoms with Crippen molar-refractivity contribution in [1.82, 2.24) is 5.32 Å². The average molecular weight is 253 g/mol. The first-order chi connectivity index (χ1) is 9.33. The van der Waals surface area contributed by atoms with Gasteiger partial charge in [0.2, 0.25) is 0 Å². The first kappa shape index (κ1) is 12.2. The van der Waals surface area contributed by atoms with E-state index in [4.69, 9.17) is 4.74 Å². The molecule has 2 aromatic carbocycles. The first-order valence-electron chi connectivity index (χ1n) is 6.86. The number of benzene rings is 2. The molecular formula is C17H19NO. The van der Waals surface area contributed by atoms with E-state index in [9.17, 15) is 0 Å². The molecule has 0 aliphatic carbocycles. The Morgan fingerprint density at radius 1 is 1.16 bits per heavy atom. The van der Waals surface area contributed by atoms with Crippen molar-refractivity contribution in [3.05, 3.63) is 65.2 Å². The first-order valence-corrected chi connectivity index (χ1v) is 6.86. The Hall–Kier alpha value is -1.80. The molecule has 1 N–H and O–H groups in total. The summed E-state index contributed by atoms with van der Waals surface area (Å²) in [5, 5.41) is 3.48. The summed E-state index contributed by atoms with van der Waals surface area (Å²) in [6.07, 6.45) is 1.11. The van der Waals surface area contributed by atoms with E-state index in [0.717, 1.165) is 18.7 Å². The summed E-state index contributed by atoms with van der Waals surface area (Å²) >= 11 is 0. The molecular weight excluding hydrogens is 234 g/mol. The number of nitrogens with one attached hydrogen (secondary N) is 1. The molecule has 0 saturated carbocycles. The molecule has 3 rings (SSSR count). The summed E-state index contributed by atoms with van der Waals surface area (Å²) in [6, 6.07) is 17.2. The zero-order valence-corrected chi connectivity index (χ0v) is 11.2. The van der Waals surface area contributed by atoms with Gasteiger partial charge in [-0.15, -0.1) is 0 Å². The summed E-state index contributed by atoms with van der Waals surface area (Å²) in [5.74, 6) is 0.957. The average Bonchev–Trinajstić information content (AvgIpc) is 2.47. The van der Waals surface area contributed by atoms with E-state index < -0.39 is 0 Å². The number of ether oxygens (including phenoxy) is 1. The predicted molar refractivity (Wildman–Crippen MR) is 77.3 cm³/mol. The van der Waals surface area contributed by atoms with E-state index >= 15 is 0 Å². The lowest BCUT2D eigenvalue weighted by atomic mass is 9.95. The molecule has 2 nitrogen and oxygen atoms in total. The lowest BCUT2D eigenvalue weighted by molar-refractivity contribution is 0.305. The Bertz CT molecular complexity index is 550. The zero-order chi connectivity index (χ0) is 13.1. The minimum atomic E-state index is 0.420. The molecule has 98 valence electrons. The van der Waals surface area contributed by atoms with Crippen molar-refractivity contribution in [3.8, 4) is 5.75 Å². The predicted octanol–water partition coefficient (Wildman–Crippen LogP) is 3.47. The van der Waals surface area contributed by atoms with E-state index in [0.29, 0.717) is 12.6 Å². The van der Waals surface area contributed by atoms with Gasteiger partial charge in [0.05, 0.1) is 0 Å². The van der Waals surface area contributed by atoms with Gasteiger partial charge in [-0.05, 0) is 48.7 Å². The second kappa shape index (κ2) is 5.45. The molecule has 0 bridgehead atoms. The van der Waals surface area contributed by atoms with Gasteiger partial charge in [-0.3, -0.25) is 0 Å². The summed E-state index contributed by atoms with van der Waals surface area (Å²) in [6.45, 7) is 3.90. The highest BCUT2D eigenvalue weighted by Crippen LogP contribution is 2.27. The van der Waals surface area contributed by atoms with Crippen LogP contribution in [0.1, 0.15) is 29.7 Å².